The first-order valence-corrected chi connectivity index (χ1v) is 8.22. The summed E-state index contributed by atoms with van der Waals surface area (Å²) in [6, 6.07) is 5.53. The van der Waals surface area contributed by atoms with Crippen LogP contribution in [-0.4, -0.2) is 35.1 Å². The number of hydrogen-bond acceptors (Lipinski definition) is 4. The molecule has 3 heterocycles. The molecule has 2 amide bonds. The largest absolute Gasteiger partial charge is 0.487 e. The van der Waals surface area contributed by atoms with Gasteiger partial charge in [-0.2, -0.15) is 0 Å². The molecule has 0 radical (unpaired) electrons. The van der Waals surface area contributed by atoms with Crippen LogP contribution in [0.4, 0.5) is 4.79 Å². The molecule has 6 nitrogen and oxygen atoms in total. The van der Waals surface area contributed by atoms with E-state index < -0.39 is 0 Å². The van der Waals surface area contributed by atoms with Crippen molar-refractivity contribution in [1.82, 2.24) is 15.2 Å². The first-order valence-electron chi connectivity index (χ1n) is 8.22. The minimum Gasteiger partial charge on any atom is -0.487 e. The van der Waals surface area contributed by atoms with Crippen molar-refractivity contribution in [2.45, 2.75) is 39.3 Å². The van der Waals surface area contributed by atoms with Gasteiger partial charge in [-0.25, -0.2) is 4.79 Å². The van der Waals surface area contributed by atoms with Crippen molar-refractivity contribution in [2.75, 3.05) is 13.1 Å². The van der Waals surface area contributed by atoms with E-state index in [0.29, 0.717) is 13.1 Å². The zero-order valence-electron chi connectivity index (χ0n) is 14.3. The Bertz CT molecular complexity index is 699. The van der Waals surface area contributed by atoms with Crippen LogP contribution < -0.4 is 10.1 Å². The van der Waals surface area contributed by atoms with E-state index in [2.05, 4.69) is 10.3 Å². The second-order valence-corrected chi connectivity index (χ2v) is 6.20. The maximum absolute atomic E-state index is 12.5. The maximum atomic E-state index is 12.5. The zero-order valence-corrected chi connectivity index (χ0v) is 14.3. The molecule has 1 fully saturated rings. The Morgan fingerprint density at radius 2 is 2.33 bits per heavy atom. The van der Waals surface area contributed by atoms with Crippen molar-refractivity contribution >= 4 is 6.03 Å². The Labute approximate surface area is 141 Å². The Balaban J connectivity index is 1.54. The lowest BCUT2D eigenvalue weighted by Crippen LogP contribution is -2.40. The minimum absolute atomic E-state index is 0.00756. The highest BCUT2D eigenvalue weighted by molar-refractivity contribution is 5.75. The molecule has 6 heteroatoms. The van der Waals surface area contributed by atoms with Crippen LogP contribution in [0.1, 0.15) is 36.5 Å². The predicted molar refractivity (Wildman–Crippen MR) is 90.0 cm³/mol. The number of carbonyl (C=O) groups is 1. The van der Waals surface area contributed by atoms with Crippen LogP contribution in [0.5, 0.6) is 5.75 Å². The third-order valence-electron chi connectivity index (χ3n) is 4.26. The number of amides is 2. The van der Waals surface area contributed by atoms with E-state index in [1.807, 2.05) is 39.0 Å². The van der Waals surface area contributed by atoms with Crippen LogP contribution in [0.15, 0.2) is 35.0 Å². The van der Waals surface area contributed by atoms with E-state index in [-0.39, 0.29) is 18.2 Å². The highest BCUT2D eigenvalue weighted by atomic mass is 16.5. The summed E-state index contributed by atoms with van der Waals surface area (Å²) in [6.07, 6.45) is 4.23. The van der Waals surface area contributed by atoms with E-state index in [1.54, 1.807) is 17.3 Å². The van der Waals surface area contributed by atoms with E-state index in [0.717, 1.165) is 29.3 Å². The third-order valence-corrected chi connectivity index (χ3v) is 4.26. The minimum atomic E-state index is -0.0896. The van der Waals surface area contributed by atoms with Gasteiger partial charge in [0.1, 0.15) is 23.4 Å². The molecule has 0 spiro atoms. The molecule has 2 atom stereocenters. The van der Waals surface area contributed by atoms with Crippen LogP contribution in [0.2, 0.25) is 0 Å². The standard InChI is InChI=1S/C18H23N3O3/c1-12-9-17(14(3)23-12)13(2)20-18(22)21-8-6-16(11-21)24-15-5-4-7-19-10-15/h4-5,7,9-10,13,16H,6,8,11H2,1-3H3,(H,20,22)/t13-,16+/m0/s1. The molecule has 1 N–H and O–H groups in total. The van der Waals surface area contributed by atoms with Crippen molar-refractivity contribution in [3.05, 3.63) is 47.7 Å². The number of rotatable bonds is 4. The molecular formula is C18H23N3O3. The van der Waals surface area contributed by atoms with Gasteiger partial charge >= 0.3 is 6.03 Å². The highest BCUT2D eigenvalue weighted by Crippen LogP contribution is 2.22. The number of likely N-dealkylation sites (tertiary alicyclic amines) is 1. The Morgan fingerprint density at radius 1 is 1.50 bits per heavy atom. The molecule has 1 saturated heterocycles. The third kappa shape index (κ3) is 3.69. The van der Waals surface area contributed by atoms with Crippen LogP contribution in [0.25, 0.3) is 0 Å². The summed E-state index contributed by atoms with van der Waals surface area (Å²) in [5.41, 5.74) is 1.02. The summed E-state index contributed by atoms with van der Waals surface area (Å²) in [7, 11) is 0. The van der Waals surface area contributed by atoms with Crippen LogP contribution >= 0.6 is 0 Å². The molecule has 2 aromatic rings. The number of aryl methyl sites for hydroxylation is 2. The molecule has 24 heavy (non-hydrogen) atoms. The van der Waals surface area contributed by atoms with Crippen molar-refractivity contribution in [3.8, 4) is 5.75 Å². The first kappa shape index (κ1) is 16.4. The SMILES string of the molecule is Cc1cc([C@H](C)NC(=O)N2CC[C@@H](Oc3cccnc3)C2)c(C)o1. The molecule has 1 aliphatic rings. The number of hydrogen-bond donors (Lipinski definition) is 1. The maximum Gasteiger partial charge on any atom is 0.318 e. The molecule has 3 rings (SSSR count). The fourth-order valence-electron chi connectivity index (χ4n) is 3.05. The second kappa shape index (κ2) is 6.95. The summed E-state index contributed by atoms with van der Waals surface area (Å²) in [6.45, 7) is 7.06. The molecule has 2 aromatic heterocycles. The zero-order chi connectivity index (χ0) is 17.1. The quantitative estimate of drug-likeness (QED) is 0.935. The molecule has 0 aromatic carbocycles. The number of nitrogens with one attached hydrogen (secondary N) is 1. The van der Waals surface area contributed by atoms with Gasteiger partial charge in [0.15, 0.2) is 0 Å². The van der Waals surface area contributed by atoms with E-state index in [4.69, 9.17) is 9.15 Å². The van der Waals surface area contributed by atoms with Gasteiger partial charge in [0, 0.05) is 24.7 Å². The lowest BCUT2D eigenvalue weighted by atomic mass is 10.1. The number of furan rings is 1. The molecular weight excluding hydrogens is 306 g/mol. The molecule has 1 aliphatic heterocycles. The van der Waals surface area contributed by atoms with Crippen LogP contribution in [0, 0.1) is 13.8 Å². The number of ether oxygens (including phenoxy) is 1. The molecule has 0 bridgehead atoms. The Kier molecular flexibility index (Phi) is 4.74. The lowest BCUT2D eigenvalue weighted by Gasteiger charge is -2.21. The number of pyridine rings is 1. The number of carbonyl (C=O) groups excluding carboxylic acids is 1. The van der Waals surface area contributed by atoms with Gasteiger partial charge in [0.2, 0.25) is 0 Å². The van der Waals surface area contributed by atoms with Gasteiger partial charge in [-0.15, -0.1) is 0 Å². The van der Waals surface area contributed by atoms with Crippen molar-refractivity contribution in [3.63, 3.8) is 0 Å². The Hall–Kier alpha value is -2.50. The first-order chi connectivity index (χ1) is 11.5. The smallest absolute Gasteiger partial charge is 0.318 e. The monoisotopic (exact) mass is 329 g/mol. The molecule has 0 unspecified atom stereocenters. The summed E-state index contributed by atoms with van der Waals surface area (Å²) in [5.74, 6) is 2.44. The summed E-state index contributed by atoms with van der Waals surface area (Å²) >= 11 is 0. The fraction of sp³-hybridized carbons (Fsp3) is 0.444. The number of urea groups is 1. The molecule has 0 saturated carbocycles. The van der Waals surface area contributed by atoms with Crippen LogP contribution in [-0.2, 0) is 0 Å². The van der Waals surface area contributed by atoms with Gasteiger partial charge in [-0.1, -0.05) is 0 Å². The average molecular weight is 329 g/mol. The number of nitrogens with zero attached hydrogens (tertiary/aromatic N) is 2. The normalized spacial score (nSPS) is 18.5. The summed E-state index contributed by atoms with van der Waals surface area (Å²) in [4.78, 5) is 18.3. The highest BCUT2D eigenvalue weighted by Gasteiger charge is 2.28. The molecule has 128 valence electrons. The van der Waals surface area contributed by atoms with Crippen molar-refractivity contribution < 1.29 is 13.9 Å². The fourth-order valence-corrected chi connectivity index (χ4v) is 3.05. The van der Waals surface area contributed by atoms with Gasteiger partial charge in [0.05, 0.1) is 18.8 Å². The molecule has 0 aliphatic carbocycles. The summed E-state index contributed by atoms with van der Waals surface area (Å²) < 4.78 is 11.4. The summed E-state index contributed by atoms with van der Waals surface area (Å²) in [5, 5.41) is 3.04. The van der Waals surface area contributed by atoms with Gasteiger partial charge in [0.25, 0.3) is 0 Å². The lowest BCUT2D eigenvalue weighted by molar-refractivity contribution is 0.184. The number of aromatic nitrogens is 1. The van der Waals surface area contributed by atoms with Crippen molar-refractivity contribution in [1.29, 1.82) is 0 Å². The second-order valence-electron chi connectivity index (χ2n) is 6.20. The van der Waals surface area contributed by atoms with Crippen molar-refractivity contribution in [2.24, 2.45) is 0 Å². The average Bonchev–Trinajstić information content (AvgIpc) is 3.14. The van der Waals surface area contributed by atoms with Gasteiger partial charge in [-0.05, 0) is 39.0 Å². The predicted octanol–water partition coefficient (Wildman–Crippen LogP) is 3.22. The van der Waals surface area contributed by atoms with E-state index in [1.165, 1.54) is 0 Å². The topological polar surface area (TPSA) is 67.6 Å². The van der Waals surface area contributed by atoms with E-state index in [9.17, 15) is 4.79 Å². The van der Waals surface area contributed by atoms with Gasteiger partial charge < -0.3 is 19.4 Å². The van der Waals surface area contributed by atoms with Gasteiger partial charge in [-0.3, -0.25) is 4.98 Å². The van der Waals surface area contributed by atoms with Crippen LogP contribution in [0.3, 0.4) is 0 Å². The Morgan fingerprint density at radius 3 is 3.00 bits per heavy atom. The van der Waals surface area contributed by atoms with E-state index >= 15 is 0 Å².